The van der Waals surface area contributed by atoms with Gasteiger partial charge in [-0.05, 0) is 23.8 Å². The quantitative estimate of drug-likeness (QED) is 0.597. The maximum absolute atomic E-state index is 10.1. The van der Waals surface area contributed by atoms with Gasteiger partial charge in [-0.15, -0.1) is 0 Å². The zero-order chi connectivity index (χ0) is 9.84. The first-order chi connectivity index (χ1) is 6.08. The van der Waals surface area contributed by atoms with Crippen LogP contribution in [0.5, 0.6) is 11.5 Å². The first kappa shape index (κ1) is 9.12. The molecule has 4 nitrogen and oxygen atoms in total. The minimum atomic E-state index is -1.08. The molecular weight excluding hydrogens is 172 g/mol. The highest BCUT2D eigenvalue weighted by molar-refractivity contribution is 5.85. The fourth-order valence-electron chi connectivity index (χ4n) is 0.882. The Bertz CT molecular complexity index is 334. The van der Waals surface area contributed by atoms with Crippen LogP contribution in [0, 0.1) is 0 Å². The van der Waals surface area contributed by atoms with Crippen LogP contribution in [0.4, 0.5) is 0 Å². The largest absolute Gasteiger partial charge is 0.508 e. The van der Waals surface area contributed by atoms with Crippen molar-refractivity contribution in [3.05, 3.63) is 29.8 Å². The molecule has 0 atom stereocenters. The van der Waals surface area contributed by atoms with E-state index in [4.69, 9.17) is 15.3 Å². The van der Waals surface area contributed by atoms with Crippen LogP contribution in [0.3, 0.4) is 0 Å². The van der Waals surface area contributed by atoms with Crippen LogP contribution in [0.2, 0.25) is 0 Å². The highest BCUT2D eigenvalue weighted by Crippen LogP contribution is 2.20. The molecule has 1 aromatic carbocycles. The Kier molecular flexibility index (Phi) is 2.54. The molecule has 3 N–H and O–H groups in total. The fraction of sp³-hybridized carbons (Fsp3) is 0. The lowest BCUT2D eigenvalue weighted by Crippen LogP contribution is -1.85. The summed E-state index contributed by atoms with van der Waals surface area (Å²) in [7, 11) is 0. The maximum atomic E-state index is 10.1. The van der Waals surface area contributed by atoms with Gasteiger partial charge in [-0.1, -0.05) is 0 Å². The number of aromatic hydroxyl groups is 2. The molecule has 0 saturated heterocycles. The van der Waals surface area contributed by atoms with Gasteiger partial charge < -0.3 is 15.3 Å². The van der Waals surface area contributed by atoms with Crippen molar-refractivity contribution in [2.75, 3.05) is 0 Å². The van der Waals surface area contributed by atoms with E-state index in [9.17, 15) is 4.79 Å². The van der Waals surface area contributed by atoms with Gasteiger partial charge in [0.25, 0.3) is 0 Å². The molecule has 0 fully saturated rings. The van der Waals surface area contributed by atoms with Crippen molar-refractivity contribution in [1.29, 1.82) is 0 Å². The molecular formula is C9H8O4. The molecule has 0 bridgehead atoms. The number of hydrogen-bond acceptors (Lipinski definition) is 3. The van der Waals surface area contributed by atoms with Gasteiger partial charge in [0.05, 0.1) is 0 Å². The maximum Gasteiger partial charge on any atom is 0.328 e. The topological polar surface area (TPSA) is 77.8 Å². The van der Waals surface area contributed by atoms with E-state index < -0.39 is 5.97 Å². The zero-order valence-electron chi connectivity index (χ0n) is 6.64. The van der Waals surface area contributed by atoms with Gasteiger partial charge in [0.1, 0.15) is 11.5 Å². The third kappa shape index (κ3) is 2.86. The molecule has 4 heteroatoms. The van der Waals surface area contributed by atoms with Crippen molar-refractivity contribution in [2.24, 2.45) is 0 Å². The van der Waals surface area contributed by atoms with E-state index in [2.05, 4.69) is 0 Å². The molecule has 68 valence electrons. The first-order valence-electron chi connectivity index (χ1n) is 3.52. The number of hydrogen-bond donors (Lipinski definition) is 3. The molecule has 0 unspecified atom stereocenters. The molecule has 0 aliphatic rings. The third-order valence-electron chi connectivity index (χ3n) is 1.34. The van der Waals surface area contributed by atoms with Gasteiger partial charge in [0, 0.05) is 12.1 Å². The second kappa shape index (κ2) is 3.62. The summed E-state index contributed by atoms with van der Waals surface area (Å²) in [4.78, 5) is 10.1. The van der Waals surface area contributed by atoms with Crippen LogP contribution in [0.25, 0.3) is 6.08 Å². The molecule has 13 heavy (non-hydrogen) atoms. The van der Waals surface area contributed by atoms with Crippen LogP contribution in [-0.2, 0) is 4.79 Å². The van der Waals surface area contributed by atoms with E-state index in [1.54, 1.807) is 0 Å². The number of carboxylic acid groups (broad SMARTS) is 1. The lowest BCUT2D eigenvalue weighted by atomic mass is 10.2. The highest BCUT2D eigenvalue weighted by atomic mass is 16.4. The van der Waals surface area contributed by atoms with E-state index in [-0.39, 0.29) is 11.5 Å². The second-order valence-corrected chi connectivity index (χ2v) is 2.45. The van der Waals surface area contributed by atoms with Gasteiger partial charge in [-0.25, -0.2) is 4.79 Å². The summed E-state index contributed by atoms with van der Waals surface area (Å²) in [6.07, 6.45) is 2.20. The summed E-state index contributed by atoms with van der Waals surface area (Å²) < 4.78 is 0. The van der Waals surface area contributed by atoms with E-state index in [1.807, 2.05) is 0 Å². The Balaban J connectivity index is 2.95. The third-order valence-corrected chi connectivity index (χ3v) is 1.34. The van der Waals surface area contributed by atoms with Crippen molar-refractivity contribution in [1.82, 2.24) is 0 Å². The molecule has 0 amide bonds. The Morgan fingerprint density at radius 3 is 2.15 bits per heavy atom. The van der Waals surface area contributed by atoms with Crippen molar-refractivity contribution in [3.8, 4) is 11.5 Å². The van der Waals surface area contributed by atoms with E-state index in [0.717, 1.165) is 12.1 Å². The predicted molar refractivity (Wildman–Crippen MR) is 46.4 cm³/mol. The van der Waals surface area contributed by atoms with Crippen LogP contribution in [-0.4, -0.2) is 21.3 Å². The summed E-state index contributed by atoms with van der Waals surface area (Å²) in [5.41, 5.74) is 0.430. The molecule has 0 aliphatic carbocycles. The molecule has 0 aromatic heterocycles. The number of phenols is 2. The van der Waals surface area contributed by atoms with Crippen LogP contribution >= 0.6 is 0 Å². The van der Waals surface area contributed by atoms with Crippen molar-refractivity contribution < 1.29 is 20.1 Å². The summed E-state index contributed by atoms with van der Waals surface area (Å²) in [5.74, 6) is -1.29. The summed E-state index contributed by atoms with van der Waals surface area (Å²) >= 11 is 0. The molecule has 0 saturated carbocycles. The van der Waals surface area contributed by atoms with Crippen molar-refractivity contribution in [3.63, 3.8) is 0 Å². The molecule has 1 aromatic rings. The van der Waals surface area contributed by atoms with E-state index >= 15 is 0 Å². The zero-order valence-corrected chi connectivity index (χ0v) is 6.64. The minimum Gasteiger partial charge on any atom is -0.508 e. The standard InChI is InChI=1S/C9H8O4/c10-7-3-6(1-2-9(12)13)4-8(11)5-7/h1-5,10-11H,(H,12,13). The predicted octanol–water partition coefficient (Wildman–Crippen LogP) is 1.20. The van der Waals surface area contributed by atoms with Crippen molar-refractivity contribution in [2.45, 2.75) is 0 Å². The Hall–Kier alpha value is -1.97. The van der Waals surface area contributed by atoms with Crippen LogP contribution in [0.15, 0.2) is 24.3 Å². The van der Waals surface area contributed by atoms with Crippen LogP contribution in [0.1, 0.15) is 5.56 Å². The number of rotatable bonds is 2. The first-order valence-corrected chi connectivity index (χ1v) is 3.52. The number of benzene rings is 1. The van der Waals surface area contributed by atoms with Crippen LogP contribution < -0.4 is 0 Å². The Morgan fingerprint density at radius 1 is 1.15 bits per heavy atom. The lowest BCUT2D eigenvalue weighted by molar-refractivity contribution is -0.131. The summed E-state index contributed by atoms with van der Waals surface area (Å²) in [6.45, 7) is 0. The molecule has 0 radical (unpaired) electrons. The van der Waals surface area contributed by atoms with Gasteiger partial charge >= 0.3 is 5.97 Å². The number of phenolic OH excluding ortho intramolecular Hbond substituents is 2. The van der Waals surface area contributed by atoms with Gasteiger partial charge in [-0.3, -0.25) is 0 Å². The SMILES string of the molecule is O=C(O)C=Cc1cc(O)cc(O)c1. The monoisotopic (exact) mass is 180 g/mol. The minimum absolute atomic E-state index is 0.106. The van der Waals surface area contributed by atoms with Crippen molar-refractivity contribution >= 4 is 12.0 Å². The average Bonchev–Trinajstić information content (AvgIpc) is 1.99. The molecule has 0 spiro atoms. The fourth-order valence-corrected chi connectivity index (χ4v) is 0.882. The van der Waals surface area contributed by atoms with E-state index in [1.165, 1.54) is 18.2 Å². The molecule has 0 aliphatic heterocycles. The average molecular weight is 180 g/mol. The number of aliphatic carboxylic acids is 1. The molecule has 0 heterocycles. The summed E-state index contributed by atoms with van der Waals surface area (Å²) in [6, 6.07) is 3.86. The van der Waals surface area contributed by atoms with Gasteiger partial charge in [-0.2, -0.15) is 0 Å². The number of carboxylic acids is 1. The smallest absolute Gasteiger partial charge is 0.328 e. The summed E-state index contributed by atoms with van der Waals surface area (Å²) in [5, 5.41) is 26.3. The van der Waals surface area contributed by atoms with Gasteiger partial charge in [0.2, 0.25) is 0 Å². The number of carbonyl (C=O) groups is 1. The van der Waals surface area contributed by atoms with Gasteiger partial charge in [0.15, 0.2) is 0 Å². The van der Waals surface area contributed by atoms with E-state index in [0.29, 0.717) is 5.56 Å². The second-order valence-electron chi connectivity index (χ2n) is 2.45. The molecule has 1 rings (SSSR count). The highest BCUT2D eigenvalue weighted by Gasteiger charge is 1.96. The Labute approximate surface area is 74.4 Å². The lowest BCUT2D eigenvalue weighted by Gasteiger charge is -1.96. The normalized spacial score (nSPS) is 10.5. The Morgan fingerprint density at radius 2 is 1.69 bits per heavy atom.